The third-order valence-electron chi connectivity index (χ3n) is 2.78. The zero-order chi connectivity index (χ0) is 18.4. The van der Waals surface area contributed by atoms with Gasteiger partial charge in [-0.1, -0.05) is 45.1 Å². The average molecular weight is 463 g/mol. The van der Waals surface area contributed by atoms with E-state index in [1.54, 1.807) is 30.3 Å². The van der Waals surface area contributed by atoms with Crippen molar-refractivity contribution in [2.75, 3.05) is 28.2 Å². The molecule has 0 bridgehead atoms. The predicted molar refractivity (Wildman–Crippen MR) is 106 cm³/mol. The summed E-state index contributed by atoms with van der Waals surface area (Å²) in [5.41, 5.74) is 0.403. The Morgan fingerprint density at radius 2 is 2.08 bits per heavy atom. The molecule has 25 heavy (non-hydrogen) atoms. The van der Waals surface area contributed by atoms with E-state index in [0.29, 0.717) is 20.9 Å². The van der Waals surface area contributed by atoms with Gasteiger partial charge in [-0.3, -0.25) is 14.4 Å². The first-order valence-electron chi connectivity index (χ1n) is 6.90. The summed E-state index contributed by atoms with van der Waals surface area (Å²) in [4.78, 5) is 12.2. The molecule has 1 heterocycles. The first-order chi connectivity index (χ1) is 11.8. The quantitative estimate of drug-likeness (QED) is 0.368. The number of amides is 1. The molecule has 11 heteroatoms. The van der Waals surface area contributed by atoms with Gasteiger partial charge in [0, 0.05) is 10.2 Å². The van der Waals surface area contributed by atoms with Crippen LogP contribution >= 0.6 is 39.0 Å². The molecule has 0 atom stereocenters. The highest BCUT2D eigenvalue weighted by Gasteiger charge is 2.21. The number of nitrogens with zero attached hydrogens (tertiary/aromatic N) is 3. The topological polar surface area (TPSA) is 92.3 Å². The molecular weight excluding hydrogens is 448 g/mol. The van der Waals surface area contributed by atoms with Gasteiger partial charge in [-0.2, -0.15) is 0 Å². The second kappa shape index (κ2) is 8.79. The van der Waals surface area contributed by atoms with Gasteiger partial charge in [-0.15, -0.1) is 16.8 Å². The van der Waals surface area contributed by atoms with Crippen LogP contribution in [0, 0.1) is 0 Å². The van der Waals surface area contributed by atoms with Crippen molar-refractivity contribution < 1.29 is 13.2 Å². The van der Waals surface area contributed by atoms with E-state index in [1.807, 2.05) is 0 Å². The van der Waals surface area contributed by atoms with E-state index in [2.05, 4.69) is 38.0 Å². The summed E-state index contributed by atoms with van der Waals surface area (Å²) in [7, 11) is -3.62. The van der Waals surface area contributed by atoms with Crippen LogP contribution in [0.15, 0.2) is 45.7 Å². The number of anilines is 2. The minimum absolute atomic E-state index is 0.320. The van der Waals surface area contributed by atoms with Gasteiger partial charge in [0.15, 0.2) is 4.34 Å². The third-order valence-corrected chi connectivity index (χ3v) is 6.42. The fourth-order valence-corrected chi connectivity index (χ4v) is 4.40. The lowest BCUT2D eigenvalue weighted by molar-refractivity contribution is -0.114. The van der Waals surface area contributed by atoms with Crippen molar-refractivity contribution >= 4 is 65.8 Å². The maximum Gasteiger partial charge on any atom is 0.246 e. The second-order valence-corrected chi connectivity index (χ2v) is 9.83. The van der Waals surface area contributed by atoms with E-state index in [0.717, 1.165) is 15.0 Å². The molecule has 0 unspecified atom stereocenters. The van der Waals surface area contributed by atoms with Gasteiger partial charge in [-0.25, -0.2) is 8.42 Å². The Morgan fingerprint density at radius 3 is 2.68 bits per heavy atom. The van der Waals surface area contributed by atoms with Gasteiger partial charge in [0.2, 0.25) is 21.1 Å². The minimum Gasteiger partial charge on any atom is -0.299 e. The van der Waals surface area contributed by atoms with Gasteiger partial charge in [0.05, 0.1) is 11.9 Å². The molecule has 1 N–H and O–H groups in total. The molecule has 0 saturated heterocycles. The molecule has 1 aromatic heterocycles. The molecule has 7 nitrogen and oxygen atoms in total. The molecule has 2 rings (SSSR count). The Hall–Kier alpha value is -1.43. The third kappa shape index (κ3) is 6.10. The summed E-state index contributed by atoms with van der Waals surface area (Å²) >= 11 is 5.96. The summed E-state index contributed by atoms with van der Waals surface area (Å²) < 4.78 is 26.6. The minimum atomic E-state index is -3.62. The second-order valence-electron chi connectivity index (χ2n) is 4.77. The van der Waals surface area contributed by atoms with Crippen LogP contribution in [-0.2, 0) is 14.8 Å². The molecule has 134 valence electrons. The molecule has 0 fully saturated rings. The first-order valence-corrected chi connectivity index (χ1v) is 11.3. The average Bonchev–Trinajstić information content (AvgIpc) is 2.98. The zero-order valence-electron chi connectivity index (χ0n) is 13.2. The van der Waals surface area contributed by atoms with Crippen molar-refractivity contribution in [1.29, 1.82) is 0 Å². The highest BCUT2D eigenvalue weighted by atomic mass is 79.9. The highest BCUT2D eigenvalue weighted by molar-refractivity contribution is 9.10. The van der Waals surface area contributed by atoms with Crippen LogP contribution in [0.25, 0.3) is 0 Å². The molecular formula is C14H15BrN4O3S3. The molecule has 0 aliphatic heterocycles. The Labute approximate surface area is 162 Å². The summed E-state index contributed by atoms with van der Waals surface area (Å²) in [5, 5.41) is 10.7. The molecule has 0 aliphatic rings. The van der Waals surface area contributed by atoms with Gasteiger partial charge in [0.25, 0.3) is 0 Å². The summed E-state index contributed by atoms with van der Waals surface area (Å²) in [5.74, 6) is 0.193. The van der Waals surface area contributed by atoms with Crippen molar-refractivity contribution in [1.82, 2.24) is 10.2 Å². The molecule has 2 aromatic rings. The number of aromatic nitrogens is 2. The zero-order valence-corrected chi connectivity index (χ0v) is 17.2. The lowest BCUT2D eigenvalue weighted by atomic mass is 10.3. The molecule has 0 radical (unpaired) electrons. The summed E-state index contributed by atoms with van der Waals surface area (Å²) in [6.45, 7) is 3.27. The lowest BCUT2D eigenvalue weighted by Crippen LogP contribution is -2.37. The van der Waals surface area contributed by atoms with Crippen LogP contribution in [0.1, 0.15) is 0 Å². The fraction of sp³-hybridized carbons (Fsp3) is 0.214. The van der Waals surface area contributed by atoms with Crippen molar-refractivity contribution in [3.63, 3.8) is 0 Å². The van der Waals surface area contributed by atoms with Crippen molar-refractivity contribution in [3.8, 4) is 0 Å². The monoisotopic (exact) mass is 462 g/mol. The van der Waals surface area contributed by atoms with Gasteiger partial charge in [0.1, 0.15) is 6.54 Å². The number of sulfonamides is 1. The van der Waals surface area contributed by atoms with E-state index in [1.165, 1.54) is 23.1 Å². The number of hydrogen-bond donors (Lipinski definition) is 1. The van der Waals surface area contributed by atoms with Crippen LogP contribution < -0.4 is 9.62 Å². The van der Waals surface area contributed by atoms with E-state index in [4.69, 9.17) is 0 Å². The van der Waals surface area contributed by atoms with Crippen LogP contribution in [0.2, 0.25) is 0 Å². The molecule has 0 aliphatic carbocycles. The van der Waals surface area contributed by atoms with E-state index < -0.39 is 15.9 Å². The summed E-state index contributed by atoms with van der Waals surface area (Å²) in [6, 6.07) is 6.65. The number of nitrogens with one attached hydrogen (secondary N) is 1. The van der Waals surface area contributed by atoms with E-state index >= 15 is 0 Å². The van der Waals surface area contributed by atoms with Crippen LogP contribution in [-0.4, -0.2) is 43.1 Å². The number of rotatable bonds is 8. The van der Waals surface area contributed by atoms with Crippen molar-refractivity contribution in [3.05, 3.63) is 41.4 Å². The fourth-order valence-electron chi connectivity index (χ4n) is 1.75. The number of halogens is 1. The SMILES string of the molecule is C=CCSc1nnc(NC(=O)CN(c2ccc(Br)cc2)S(C)(=O)=O)s1. The molecule has 0 saturated carbocycles. The smallest absolute Gasteiger partial charge is 0.246 e. The molecule has 1 aromatic carbocycles. The first kappa shape index (κ1) is 19.9. The number of carbonyl (C=O) groups excluding carboxylic acids is 1. The Morgan fingerprint density at radius 1 is 1.40 bits per heavy atom. The number of thioether (sulfide) groups is 1. The molecule has 0 spiro atoms. The molecule has 1 amide bonds. The predicted octanol–water partition coefficient (Wildman–Crippen LogP) is 2.98. The number of carbonyl (C=O) groups is 1. The standard InChI is InChI=1S/C14H15BrN4O3S3/c1-3-8-23-14-18-17-13(24-14)16-12(20)9-19(25(2,21)22)11-6-4-10(15)5-7-11/h3-7H,1,8-9H2,2H3,(H,16,17,20). The van der Waals surface area contributed by atoms with Gasteiger partial charge >= 0.3 is 0 Å². The maximum atomic E-state index is 12.2. The van der Waals surface area contributed by atoms with Crippen molar-refractivity contribution in [2.24, 2.45) is 0 Å². The van der Waals surface area contributed by atoms with Gasteiger partial charge in [-0.05, 0) is 24.3 Å². The lowest BCUT2D eigenvalue weighted by Gasteiger charge is -2.21. The van der Waals surface area contributed by atoms with Crippen LogP contribution in [0.3, 0.4) is 0 Å². The van der Waals surface area contributed by atoms with Crippen LogP contribution in [0.4, 0.5) is 10.8 Å². The van der Waals surface area contributed by atoms with Gasteiger partial charge < -0.3 is 0 Å². The normalized spacial score (nSPS) is 11.1. The Bertz CT molecular complexity index is 852. The number of benzene rings is 1. The highest BCUT2D eigenvalue weighted by Crippen LogP contribution is 2.25. The Balaban J connectivity index is 2.08. The Kier molecular flexibility index (Phi) is 6.99. The summed E-state index contributed by atoms with van der Waals surface area (Å²) in [6.07, 6.45) is 2.80. The van der Waals surface area contributed by atoms with E-state index in [9.17, 15) is 13.2 Å². The van der Waals surface area contributed by atoms with Crippen LogP contribution in [0.5, 0.6) is 0 Å². The number of hydrogen-bond acceptors (Lipinski definition) is 7. The maximum absolute atomic E-state index is 12.2. The van der Waals surface area contributed by atoms with E-state index in [-0.39, 0.29) is 6.54 Å². The largest absolute Gasteiger partial charge is 0.299 e. The van der Waals surface area contributed by atoms with Crippen molar-refractivity contribution in [2.45, 2.75) is 4.34 Å².